The van der Waals surface area contributed by atoms with Crippen LogP contribution in [0.5, 0.6) is 0 Å². The van der Waals surface area contributed by atoms with Crippen molar-refractivity contribution in [1.29, 1.82) is 0 Å². The Labute approximate surface area is 81.1 Å². The van der Waals surface area contributed by atoms with Crippen LogP contribution in [0.15, 0.2) is 0 Å². The van der Waals surface area contributed by atoms with Crippen molar-refractivity contribution in [2.45, 2.75) is 31.7 Å². The molecule has 1 atom stereocenters. The third kappa shape index (κ3) is 6.63. The highest BCUT2D eigenvalue weighted by Crippen LogP contribution is 2.10. The van der Waals surface area contributed by atoms with E-state index in [0.29, 0.717) is 0 Å². The van der Waals surface area contributed by atoms with Crippen LogP contribution in [0.4, 0.5) is 0 Å². The van der Waals surface area contributed by atoms with E-state index < -0.39 is 14.1 Å². The Balaban J connectivity index is 0. The van der Waals surface area contributed by atoms with E-state index in [1.165, 1.54) is 7.11 Å². The first-order valence-corrected chi connectivity index (χ1v) is 7.41. The predicted molar refractivity (Wildman–Crippen MR) is 55.4 cm³/mol. The Morgan fingerprint density at radius 3 is 2.17 bits per heavy atom. The maximum Gasteiger partial charge on any atom is 0.322 e. The number of carbonyl (C=O) groups excluding carboxylic acids is 1. The molecule has 0 amide bonds. The highest BCUT2D eigenvalue weighted by molar-refractivity contribution is 6.76. The van der Waals surface area contributed by atoms with Gasteiger partial charge in [-0.1, -0.05) is 19.6 Å². The standard InChI is InChI=1S/C7H17NO2Si.ClH/c1-10-7(9)6(8)5-11(2,3)4;/h6H,5,8H2,1-4H3;1H. The third-order valence-electron chi connectivity index (χ3n) is 1.34. The van der Waals surface area contributed by atoms with Gasteiger partial charge in [-0.15, -0.1) is 12.4 Å². The molecule has 0 fully saturated rings. The van der Waals surface area contributed by atoms with Crippen molar-refractivity contribution in [3.05, 3.63) is 0 Å². The fourth-order valence-electron chi connectivity index (χ4n) is 0.894. The average molecular weight is 212 g/mol. The average Bonchev–Trinajstić information content (AvgIpc) is 1.82. The summed E-state index contributed by atoms with van der Waals surface area (Å²) in [6.45, 7) is 6.53. The summed E-state index contributed by atoms with van der Waals surface area (Å²) in [4.78, 5) is 10.9. The first kappa shape index (κ1) is 14.5. The lowest BCUT2D eigenvalue weighted by atomic mass is 10.4. The lowest BCUT2D eigenvalue weighted by Crippen LogP contribution is -2.38. The van der Waals surface area contributed by atoms with Crippen molar-refractivity contribution in [3.8, 4) is 0 Å². The molecule has 0 radical (unpaired) electrons. The smallest absolute Gasteiger partial charge is 0.322 e. The largest absolute Gasteiger partial charge is 0.468 e. The zero-order chi connectivity index (χ0) is 9.07. The summed E-state index contributed by atoms with van der Waals surface area (Å²) in [5.74, 6) is -0.299. The van der Waals surface area contributed by atoms with Crippen LogP contribution in [0, 0.1) is 0 Å². The maximum atomic E-state index is 10.9. The van der Waals surface area contributed by atoms with Crippen LogP contribution < -0.4 is 5.73 Å². The number of hydrogen-bond donors (Lipinski definition) is 1. The summed E-state index contributed by atoms with van der Waals surface area (Å²) in [5, 5.41) is 0. The van der Waals surface area contributed by atoms with Gasteiger partial charge in [0.25, 0.3) is 0 Å². The summed E-state index contributed by atoms with van der Waals surface area (Å²) >= 11 is 0. The SMILES string of the molecule is COC(=O)C(N)C[Si](C)(C)C.Cl. The number of esters is 1. The highest BCUT2D eigenvalue weighted by Gasteiger charge is 2.22. The summed E-state index contributed by atoms with van der Waals surface area (Å²) < 4.78 is 4.52. The van der Waals surface area contributed by atoms with Crippen molar-refractivity contribution in [2.24, 2.45) is 5.73 Å². The van der Waals surface area contributed by atoms with Crippen LogP contribution in [0.2, 0.25) is 25.7 Å². The molecule has 0 aromatic carbocycles. The van der Waals surface area contributed by atoms with E-state index in [9.17, 15) is 4.79 Å². The normalized spacial score (nSPS) is 13.1. The van der Waals surface area contributed by atoms with Gasteiger partial charge in [0.2, 0.25) is 0 Å². The molecule has 0 heterocycles. The second kappa shape index (κ2) is 5.56. The van der Waals surface area contributed by atoms with Crippen molar-refractivity contribution in [1.82, 2.24) is 0 Å². The fourth-order valence-corrected chi connectivity index (χ4v) is 2.38. The molecule has 12 heavy (non-hydrogen) atoms. The summed E-state index contributed by atoms with van der Waals surface area (Å²) in [6.07, 6.45) is 0. The summed E-state index contributed by atoms with van der Waals surface area (Å²) in [6, 6.07) is 0.367. The zero-order valence-corrected chi connectivity index (χ0v) is 9.90. The zero-order valence-electron chi connectivity index (χ0n) is 8.09. The molecule has 0 spiro atoms. The molecule has 0 aromatic rings. The molecular formula is C7H18ClNO2Si. The summed E-state index contributed by atoms with van der Waals surface area (Å²) in [5.41, 5.74) is 5.57. The van der Waals surface area contributed by atoms with E-state index >= 15 is 0 Å². The van der Waals surface area contributed by atoms with Crippen molar-refractivity contribution >= 4 is 26.5 Å². The number of methoxy groups -OCH3 is 1. The molecule has 0 aliphatic carbocycles. The van der Waals surface area contributed by atoms with Crippen LogP contribution in [-0.4, -0.2) is 27.2 Å². The molecule has 2 N–H and O–H groups in total. The van der Waals surface area contributed by atoms with Crippen molar-refractivity contribution < 1.29 is 9.53 Å². The quantitative estimate of drug-likeness (QED) is 0.565. The summed E-state index contributed by atoms with van der Waals surface area (Å²) in [7, 11) is 0.142. The van der Waals surface area contributed by atoms with Gasteiger partial charge < -0.3 is 10.5 Å². The van der Waals surface area contributed by atoms with Crippen LogP contribution in [0.1, 0.15) is 0 Å². The van der Waals surface area contributed by atoms with Crippen molar-refractivity contribution in [3.63, 3.8) is 0 Å². The Hall–Kier alpha value is -0.0631. The molecule has 0 aliphatic heterocycles. The van der Waals surface area contributed by atoms with E-state index in [-0.39, 0.29) is 18.4 Å². The molecular weight excluding hydrogens is 194 g/mol. The maximum absolute atomic E-state index is 10.9. The molecule has 5 heteroatoms. The molecule has 1 unspecified atom stereocenters. The number of nitrogens with two attached hydrogens (primary N) is 1. The Morgan fingerprint density at radius 2 is 1.92 bits per heavy atom. The predicted octanol–water partition coefficient (Wildman–Crippen LogP) is 1.25. The first-order valence-electron chi connectivity index (χ1n) is 3.70. The van der Waals surface area contributed by atoms with Gasteiger partial charge in [-0.25, -0.2) is 0 Å². The van der Waals surface area contributed by atoms with Gasteiger partial charge in [-0.2, -0.15) is 0 Å². The van der Waals surface area contributed by atoms with Crippen molar-refractivity contribution in [2.75, 3.05) is 7.11 Å². The molecule has 74 valence electrons. The monoisotopic (exact) mass is 211 g/mol. The Morgan fingerprint density at radius 1 is 1.50 bits per heavy atom. The molecule has 0 bridgehead atoms. The molecule has 0 saturated carbocycles. The van der Waals surface area contributed by atoms with Crippen LogP contribution in [0.25, 0.3) is 0 Å². The van der Waals surface area contributed by atoms with Gasteiger partial charge in [0.05, 0.1) is 7.11 Å². The molecule has 3 nitrogen and oxygen atoms in total. The van der Waals surface area contributed by atoms with Crippen LogP contribution in [-0.2, 0) is 9.53 Å². The van der Waals surface area contributed by atoms with Gasteiger partial charge in [0, 0.05) is 8.07 Å². The topological polar surface area (TPSA) is 52.3 Å². The minimum Gasteiger partial charge on any atom is -0.468 e. The number of halogens is 1. The minimum atomic E-state index is -1.23. The molecule has 0 saturated heterocycles. The van der Waals surface area contributed by atoms with E-state index in [4.69, 9.17) is 5.73 Å². The number of hydrogen-bond acceptors (Lipinski definition) is 3. The van der Waals surface area contributed by atoms with E-state index in [0.717, 1.165) is 6.04 Å². The fraction of sp³-hybridized carbons (Fsp3) is 0.857. The second-order valence-electron chi connectivity index (χ2n) is 3.89. The molecule has 0 aromatic heterocycles. The Kier molecular flexibility index (Phi) is 6.70. The number of carbonyl (C=O) groups is 1. The molecule has 0 rings (SSSR count). The lowest BCUT2D eigenvalue weighted by molar-refractivity contribution is -0.141. The van der Waals surface area contributed by atoms with Crippen LogP contribution in [0.3, 0.4) is 0 Å². The molecule has 0 aliphatic rings. The van der Waals surface area contributed by atoms with E-state index in [1.807, 2.05) is 0 Å². The van der Waals surface area contributed by atoms with Crippen LogP contribution >= 0.6 is 12.4 Å². The van der Waals surface area contributed by atoms with Gasteiger partial charge in [0.1, 0.15) is 6.04 Å². The van der Waals surface area contributed by atoms with Gasteiger partial charge in [-0.3, -0.25) is 4.79 Å². The van der Waals surface area contributed by atoms with Gasteiger partial charge in [0.15, 0.2) is 0 Å². The minimum absolute atomic E-state index is 0. The van der Waals surface area contributed by atoms with Gasteiger partial charge >= 0.3 is 5.97 Å². The highest BCUT2D eigenvalue weighted by atomic mass is 35.5. The van der Waals surface area contributed by atoms with Gasteiger partial charge in [-0.05, 0) is 6.04 Å². The van der Waals surface area contributed by atoms with E-state index in [1.54, 1.807) is 0 Å². The van der Waals surface area contributed by atoms with E-state index in [2.05, 4.69) is 24.4 Å². The third-order valence-corrected chi connectivity index (χ3v) is 3.00. The first-order chi connectivity index (χ1) is 4.87. The number of ether oxygens (including phenoxy) is 1. The second-order valence-corrected chi connectivity index (χ2v) is 9.42. The Bertz CT molecular complexity index is 147. The lowest BCUT2D eigenvalue weighted by Gasteiger charge is -2.19. The number of rotatable bonds is 3.